The number of nitrogens with zero attached hydrogens (tertiary/aromatic N) is 1. The van der Waals surface area contributed by atoms with E-state index in [2.05, 4.69) is 15.5 Å². The molecule has 6 nitrogen and oxygen atoms in total. The average Bonchev–Trinajstić information content (AvgIpc) is 2.57. The molecule has 2 rings (SSSR count). The van der Waals surface area contributed by atoms with E-state index in [0.717, 1.165) is 39.3 Å². The topological polar surface area (TPSA) is 62.8 Å². The maximum absolute atomic E-state index is 11.6. The van der Waals surface area contributed by atoms with Crippen molar-refractivity contribution in [3.63, 3.8) is 0 Å². The third kappa shape index (κ3) is 7.07. The van der Waals surface area contributed by atoms with Crippen LogP contribution in [0.5, 0.6) is 5.75 Å². The molecule has 0 bridgehead atoms. The van der Waals surface area contributed by atoms with Gasteiger partial charge in [-0.1, -0.05) is 23.7 Å². The Kier molecular flexibility index (Phi) is 8.00. The normalized spacial score (nSPS) is 15.2. The lowest BCUT2D eigenvalue weighted by molar-refractivity contribution is 0.0387. The predicted molar refractivity (Wildman–Crippen MR) is 90.2 cm³/mol. The SMILES string of the molecule is O=C(NCCCOc1ccccc1Cl)NCCN1CCOCC1. The smallest absolute Gasteiger partial charge is 0.314 e. The molecule has 2 N–H and O–H groups in total. The summed E-state index contributed by atoms with van der Waals surface area (Å²) in [6, 6.07) is 7.21. The molecule has 1 heterocycles. The molecule has 1 fully saturated rings. The lowest BCUT2D eigenvalue weighted by Crippen LogP contribution is -2.44. The van der Waals surface area contributed by atoms with Gasteiger partial charge in [-0.05, 0) is 18.6 Å². The molecular weight excluding hydrogens is 318 g/mol. The first kappa shape index (κ1) is 17.8. The van der Waals surface area contributed by atoms with Crippen LogP contribution in [0, 0.1) is 0 Å². The summed E-state index contributed by atoms with van der Waals surface area (Å²) in [5.74, 6) is 0.670. The Hall–Kier alpha value is -1.50. The molecule has 7 heteroatoms. The molecule has 0 radical (unpaired) electrons. The van der Waals surface area contributed by atoms with Gasteiger partial charge in [0, 0.05) is 32.7 Å². The molecule has 0 aromatic heterocycles. The van der Waals surface area contributed by atoms with Gasteiger partial charge in [-0.15, -0.1) is 0 Å². The molecule has 0 aliphatic carbocycles. The number of morpholine rings is 1. The highest BCUT2D eigenvalue weighted by molar-refractivity contribution is 6.32. The van der Waals surface area contributed by atoms with Crippen LogP contribution >= 0.6 is 11.6 Å². The number of carbonyl (C=O) groups is 1. The summed E-state index contributed by atoms with van der Waals surface area (Å²) >= 11 is 5.99. The highest BCUT2D eigenvalue weighted by Crippen LogP contribution is 2.22. The lowest BCUT2D eigenvalue weighted by atomic mass is 10.3. The molecule has 1 aliphatic rings. The van der Waals surface area contributed by atoms with Gasteiger partial charge in [0.1, 0.15) is 5.75 Å². The average molecular weight is 342 g/mol. The van der Waals surface area contributed by atoms with E-state index < -0.39 is 0 Å². The van der Waals surface area contributed by atoms with Crippen molar-refractivity contribution in [1.29, 1.82) is 0 Å². The van der Waals surface area contributed by atoms with E-state index in [0.29, 0.717) is 30.5 Å². The van der Waals surface area contributed by atoms with Crippen molar-refractivity contribution in [3.05, 3.63) is 29.3 Å². The number of halogens is 1. The molecule has 0 atom stereocenters. The Bertz CT molecular complexity index is 481. The summed E-state index contributed by atoms with van der Waals surface area (Å²) < 4.78 is 10.8. The Labute approximate surface area is 142 Å². The summed E-state index contributed by atoms with van der Waals surface area (Å²) in [5.41, 5.74) is 0. The number of para-hydroxylation sites is 1. The largest absolute Gasteiger partial charge is 0.492 e. The fourth-order valence-electron chi connectivity index (χ4n) is 2.23. The number of carbonyl (C=O) groups excluding carboxylic acids is 1. The van der Waals surface area contributed by atoms with Gasteiger partial charge in [0.2, 0.25) is 0 Å². The van der Waals surface area contributed by atoms with Crippen LogP contribution in [0.3, 0.4) is 0 Å². The molecule has 1 saturated heterocycles. The summed E-state index contributed by atoms with van der Waals surface area (Å²) in [6.45, 7) is 5.99. The second-order valence-electron chi connectivity index (χ2n) is 5.27. The van der Waals surface area contributed by atoms with E-state index in [4.69, 9.17) is 21.1 Å². The van der Waals surface area contributed by atoms with Gasteiger partial charge in [0.05, 0.1) is 24.8 Å². The third-order valence-corrected chi connectivity index (χ3v) is 3.83. The van der Waals surface area contributed by atoms with Gasteiger partial charge < -0.3 is 20.1 Å². The number of benzene rings is 1. The standard InChI is InChI=1S/C16H24ClN3O3/c17-14-4-1-2-5-15(14)23-11-3-6-18-16(21)19-7-8-20-9-12-22-13-10-20/h1-2,4-5H,3,6-13H2,(H2,18,19,21). The first-order chi connectivity index (χ1) is 11.3. The minimum absolute atomic E-state index is 0.143. The lowest BCUT2D eigenvalue weighted by Gasteiger charge is -2.26. The van der Waals surface area contributed by atoms with Gasteiger partial charge in [0.15, 0.2) is 0 Å². The van der Waals surface area contributed by atoms with E-state index in [1.54, 1.807) is 6.07 Å². The zero-order valence-electron chi connectivity index (χ0n) is 13.2. The van der Waals surface area contributed by atoms with Crippen molar-refractivity contribution in [2.45, 2.75) is 6.42 Å². The van der Waals surface area contributed by atoms with Crippen molar-refractivity contribution in [2.75, 3.05) is 52.5 Å². The molecule has 1 aromatic rings. The number of amides is 2. The third-order valence-electron chi connectivity index (χ3n) is 3.52. The second-order valence-corrected chi connectivity index (χ2v) is 5.68. The predicted octanol–water partition coefficient (Wildman–Crippen LogP) is 1.74. The Morgan fingerprint density at radius 2 is 1.96 bits per heavy atom. The number of urea groups is 1. The maximum atomic E-state index is 11.6. The number of hydrogen-bond donors (Lipinski definition) is 2. The van der Waals surface area contributed by atoms with E-state index in [1.165, 1.54) is 0 Å². The van der Waals surface area contributed by atoms with Crippen molar-refractivity contribution < 1.29 is 14.3 Å². The van der Waals surface area contributed by atoms with Crippen LogP contribution in [0.2, 0.25) is 5.02 Å². The van der Waals surface area contributed by atoms with Crippen LogP contribution in [0.15, 0.2) is 24.3 Å². The summed E-state index contributed by atoms with van der Waals surface area (Å²) in [7, 11) is 0. The molecule has 0 saturated carbocycles. The minimum atomic E-state index is -0.143. The summed E-state index contributed by atoms with van der Waals surface area (Å²) in [5, 5.41) is 6.27. The molecule has 0 unspecified atom stereocenters. The minimum Gasteiger partial charge on any atom is -0.492 e. The fraction of sp³-hybridized carbons (Fsp3) is 0.562. The van der Waals surface area contributed by atoms with Gasteiger partial charge >= 0.3 is 6.03 Å². The fourth-order valence-corrected chi connectivity index (χ4v) is 2.42. The number of ether oxygens (including phenoxy) is 2. The van der Waals surface area contributed by atoms with Crippen LogP contribution < -0.4 is 15.4 Å². The number of hydrogen-bond acceptors (Lipinski definition) is 4. The first-order valence-corrected chi connectivity index (χ1v) is 8.32. The number of nitrogens with one attached hydrogen (secondary N) is 2. The molecule has 1 aliphatic heterocycles. The zero-order chi connectivity index (χ0) is 16.3. The number of rotatable bonds is 8. The van der Waals surface area contributed by atoms with Gasteiger partial charge in [-0.25, -0.2) is 4.79 Å². The quantitative estimate of drug-likeness (QED) is 0.707. The van der Waals surface area contributed by atoms with Gasteiger partial charge in [-0.3, -0.25) is 4.90 Å². The van der Waals surface area contributed by atoms with E-state index in [1.807, 2.05) is 18.2 Å². The van der Waals surface area contributed by atoms with E-state index >= 15 is 0 Å². The molecular formula is C16H24ClN3O3. The summed E-state index contributed by atoms with van der Waals surface area (Å²) in [4.78, 5) is 13.9. The molecule has 1 aromatic carbocycles. The van der Waals surface area contributed by atoms with Crippen molar-refractivity contribution in [2.24, 2.45) is 0 Å². The monoisotopic (exact) mass is 341 g/mol. The Balaban J connectivity index is 1.47. The second kappa shape index (κ2) is 10.3. The Morgan fingerprint density at radius 3 is 2.74 bits per heavy atom. The van der Waals surface area contributed by atoms with Crippen molar-refractivity contribution in [1.82, 2.24) is 15.5 Å². The van der Waals surface area contributed by atoms with Crippen molar-refractivity contribution >= 4 is 17.6 Å². The molecule has 2 amide bonds. The zero-order valence-corrected chi connectivity index (χ0v) is 14.0. The van der Waals surface area contributed by atoms with Crippen LogP contribution in [-0.2, 0) is 4.74 Å². The Morgan fingerprint density at radius 1 is 1.22 bits per heavy atom. The van der Waals surface area contributed by atoms with Crippen LogP contribution in [0.1, 0.15) is 6.42 Å². The van der Waals surface area contributed by atoms with Crippen LogP contribution in [0.25, 0.3) is 0 Å². The van der Waals surface area contributed by atoms with Crippen LogP contribution in [-0.4, -0.2) is 63.5 Å². The highest BCUT2D eigenvalue weighted by atomic mass is 35.5. The molecule has 23 heavy (non-hydrogen) atoms. The van der Waals surface area contributed by atoms with E-state index in [9.17, 15) is 4.79 Å². The van der Waals surface area contributed by atoms with Gasteiger partial charge in [-0.2, -0.15) is 0 Å². The molecule has 128 valence electrons. The van der Waals surface area contributed by atoms with E-state index in [-0.39, 0.29) is 6.03 Å². The molecule has 0 spiro atoms. The first-order valence-electron chi connectivity index (χ1n) is 7.95. The van der Waals surface area contributed by atoms with Crippen LogP contribution in [0.4, 0.5) is 4.79 Å². The highest BCUT2D eigenvalue weighted by Gasteiger charge is 2.09. The maximum Gasteiger partial charge on any atom is 0.314 e. The summed E-state index contributed by atoms with van der Waals surface area (Å²) in [6.07, 6.45) is 0.724. The van der Waals surface area contributed by atoms with Gasteiger partial charge in [0.25, 0.3) is 0 Å². The van der Waals surface area contributed by atoms with Crippen molar-refractivity contribution in [3.8, 4) is 5.75 Å².